The number of hydrogen-bond donors (Lipinski definition) is 1. The van der Waals surface area contributed by atoms with E-state index in [1.54, 1.807) is 48.7 Å². The van der Waals surface area contributed by atoms with E-state index in [-0.39, 0.29) is 5.76 Å². The van der Waals surface area contributed by atoms with Gasteiger partial charge in [-0.15, -0.1) is 0 Å². The number of amides is 1. The van der Waals surface area contributed by atoms with Gasteiger partial charge in [-0.05, 0) is 58.4 Å². The van der Waals surface area contributed by atoms with Gasteiger partial charge in [0.25, 0.3) is 5.91 Å². The number of halogens is 3. The normalized spacial score (nSPS) is 10.6. The first kappa shape index (κ1) is 16.1. The van der Waals surface area contributed by atoms with Crippen LogP contribution >= 0.6 is 39.1 Å². The molecule has 7 heteroatoms. The molecule has 2 heterocycles. The third kappa shape index (κ3) is 3.75. The molecule has 1 aromatic carbocycles. The monoisotopic (exact) mass is 410 g/mol. The summed E-state index contributed by atoms with van der Waals surface area (Å²) >= 11 is 15.3. The SMILES string of the molecule is O=C(Nc1ccc(Br)cn1)c1ccc(-c2ccc(Cl)cc2Cl)o1. The molecule has 0 aliphatic rings. The number of pyridine rings is 1. The third-order valence-electron chi connectivity index (χ3n) is 3.00. The minimum absolute atomic E-state index is 0.163. The van der Waals surface area contributed by atoms with E-state index in [2.05, 4.69) is 26.2 Å². The van der Waals surface area contributed by atoms with E-state index < -0.39 is 5.91 Å². The van der Waals surface area contributed by atoms with E-state index >= 15 is 0 Å². The standard InChI is InChI=1S/C16H9BrCl2N2O2/c17-9-1-6-15(20-8-9)21-16(22)14-5-4-13(23-14)11-3-2-10(18)7-12(11)19/h1-8H,(H,20,21,22). The van der Waals surface area contributed by atoms with E-state index in [0.717, 1.165) is 4.47 Å². The first-order chi connectivity index (χ1) is 11.0. The number of hydrogen-bond acceptors (Lipinski definition) is 3. The maximum Gasteiger partial charge on any atom is 0.292 e. The molecule has 0 saturated carbocycles. The van der Waals surface area contributed by atoms with Crippen LogP contribution in [-0.4, -0.2) is 10.9 Å². The molecule has 0 fully saturated rings. The Morgan fingerprint density at radius 2 is 1.96 bits per heavy atom. The van der Waals surface area contributed by atoms with Crippen molar-refractivity contribution >= 4 is 50.9 Å². The topological polar surface area (TPSA) is 55.1 Å². The van der Waals surface area contributed by atoms with Crippen molar-refractivity contribution in [2.24, 2.45) is 0 Å². The summed E-state index contributed by atoms with van der Waals surface area (Å²) in [5.41, 5.74) is 0.664. The summed E-state index contributed by atoms with van der Waals surface area (Å²) in [4.78, 5) is 16.2. The molecule has 0 unspecified atom stereocenters. The molecule has 23 heavy (non-hydrogen) atoms. The minimum Gasteiger partial charge on any atom is -0.451 e. The summed E-state index contributed by atoms with van der Waals surface area (Å²) < 4.78 is 6.40. The predicted octanol–water partition coefficient (Wildman–Crippen LogP) is 5.66. The molecule has 0 saturated heterocycles. The number of furan rings is 1. The maximum absolute atomic E-state index is 12.2. The van der Waals surface area contributed by atoms with Gasteiger partial charge >= 0.3 is 0 Å². The molecular weight excluding hydrogens is 403 g/mol. The number of aromatic nitrogens is 1. The Labute approximate surface area is 150 Å². The summed E-state index contributed by atoms with van der Waals surface area (Å²) in [6, 6.07) is 11.8. The van der Waals surface area contributed by atoms with E-state index in [0.29, 0.717) is 27.2 Å². The molecule has 4 nitrogen and oxygen atoms in total. The second kappa shape index (κ2) is 6.74. The highest BCUT2D eigenvalue weighted by atomic mass is 79.9. The van der Waals surface area contributed by atoms with Crippen molar-refractivity contribution in [3.63, 3.8) is 0 Å². The zero-order chi connectivity index (χ0) is 16.4. The Bertz CT molecular complexity index is 863. The fourth-order valence-electron chi connectivity index (χ4n) is 1.92. The number of anilines is 1. The van der Waals surface area contributed by atoms with Crippen LogP contribution in [0.1, 0.15) is 10.6 Å². The van der Waals surface area contributed by atoms with Gasteiger partial charge in [-0.25, -0.2) is 4.98 Å². The van der Waals surface area contributed by atoms with Gasteiger partial charge in [-0.2, -0.15) is 0 Å². The van der Waals surface area contributed by atoms with Gasteiger partial charge in [0.15, 0.2) is 5.76 Å². The molecule has 0 aliphatic heterocycles. The van der Waals surface area contributed by atoms with E-state index in [4.69, 9.17) is 27.6 Å². The molecule has 3 aromatic rings. The molecule has 3 rings (SSSR count). The van der Waals surface area contributed by atoms with Crippen LogP contribution in [0.4, 0.5) is 5.82 Å². The van der Waals surface area contributed by atoms with Crippen molar-refractivity contribution in [1.82, 2.24) is 4.98 Å². The molecular formula is C16H9BrCl2N2O2. The van der Waals surface area contributed by atoms with Crippen LogP contribution in [0.3, 0.4) is 0 Å². The van der Waals surface area contributed by atoms with Gasteiger partial charge in [0, 0.05) is 21.3 Å². The molecule has 0 atom stereocenters. The predicted molar refractivity (Wildman–Crippen MR) is 94.1 cm³/mol. The van der Waals surface area contributed by atoms with Crippen LogP contribution in [-0.2, 0) is 0 Å². The molecule has 116 valence electrons. The van der Waals surface area contributed by atoms with Crippen molar-refractivity contribution in [2.45, 2.75) is 0 Å². The number of nitrogens with one attached hydrogen (secondary N) is 1. The first-order valence-corrected chi connectivity index (χ1v) is 8.06. The highest BCUT2D eigenvalue weighted by Crippen LogP contribution is 2.31. The maximum atomic E-state index is 12.2. The largest absolute Gasteiger partial charge is 0.451 e. The molecule has 2 aromatic heterocycles. The highest BCUT2D eigenvalue weighted by molar-refractivity contribution is 9.10. The Morgan fingerprint density at radius 3 is 2.65 bits per heavy atom. The van der Waals surface area contributed by atoms with Gasteiger partial charge in [0.1, 0.15) is 11.6 Å². The summed E-state index contributed by atoms with van der Waals surface area (Å²) in [5, 5.41) is 3.64. The van der Waals surface area contributed by atoms with Crippen molar-refractivity contribution in [3.05, 3.63) is 68.9 Å². The Morgan fingerprint density at radius 1 is 1.13 bits per heavy atom. The van der Waals surface area contributed by atoms with Crippen LogP contribution in [0.2, 0.25) is 10.0 Å². The van der Waals surface area contributed by atoms with Gasteiger partial charge in [-0.1, -0.05) is 23.2 Å². The van der Waals surface area contributed by atoms with Crippen LogP contribution in [0.25, 0.3) is 11.3 Å². The van der Waals surface area contributed by atoms with E-state index in [1.807, 2.05) is 0 Å². The third-order valence-corrected chi connectivity index (χ3v) is 4.01. The van der Waals surface area contributed by atoms with Crippen molar-refractivity contribution < 1.29 is 9.21 Å². The number of benzene rings is 1. The Kier molecular flexibility index (Phi) is 4.71. The van der Waals surface area contributed by atoms with Crippen LogP contribution in [0.15, 0.2) is 57.6 Å². The summed E-state index contributed by atoms with van der Waals surface area (Å²) in [6.45, 7) is 0. The lowest BCUT2D eigenvalue weighted by atomic mass is 10.2. The number of rotatable bonds is 3. The average Bonchev–Trinajstić information content (AvgIpc) is 2.99. The number of carbonyl (C=O) groups excluding carboxylic acids is 1. The van der Waals surface area contributed by atoms with Gasteiger partial charge in [0.2, 0.25) is 0 Å². The van der Waals surface area contributed by atoms with E-state index in [9.17, 15) is 4.79 Å². The Balaban J connectivity index is 1.81. The lowest BCUT2D eigenvalue weighted by molar-refractivity contribution is 0.0997. The summed E-state index contributed by atoms with van der Waals surface area (Å²) in [6.07, 6.45) is 1.59. The summed E-state index contributed by atoms with van der Waals surface area (Å²) in [5.74, 6) is 0.688. The fourth-order valence-corrected chi connectivity index (χ4v) is 2.66. The van der Waals surface area contributed by atoms with Gasteiger partial charge < -0.3 is 9.73 Å². The molecule has 0 aliphatic carbocycles. The molecule has 1 N–H and O–H groups in total. The average molecular weight is 412 g/mol. The van der Waals surface area contributed by atoms with Crippen molar-refractivity contribution in [2.75, 3.05) is 5.32 Å². The zero-order valence-electron chi connectivity index (χ0n) is 11.5. The fraction of sp³-hybridized carbons (Fsp3) is 0. The number of carbonyl (C=O) groups is 1. The van der Waals surface area contributed by atoms with E-state index in [1.165, 1.54) is 0 Å². The number of nitrogens with zero attached hydrogens (tertiary/aromatic N) is 1. The Hall–Kier alpha value is -1.82. The second-order valence-corrected chi connectivity index (χ2v) is 6.36. The minimum atomic E-state index is -0.392. The van der Waals surface area contributed by atoms with Crippen LogP contribution in [0.5, 0.6) is 0 Å². The van der Waals surface area contributed by atoms with Crippen molar-refractivity contribution in [3.8, 4) is 11.3 Å². The lowest BCUT2D eigenvalue weighted by Gasteiger charge is -2.03. The molecule has 1 amide bonds. The quantitative estimate of drug-likeness (QED) is 0.604. The van der Waals surface area contributed by atoms with Crippen LogP contribution < -0.4 is 5.32 Å². The smallest absolute Gasteiger partial charge is 0.292 e. The summed E-state index contributed by atoms with van der Waals surface area (Å²) in [7, 11) is 0. The molecule has 0 bridgehead atoms. The molecule has 0 spiro atoms. The second-order valence-electron chi connectivity index (χ2n) is 4.60. The van der Waals surface area contributed by atoms with Crippen LogP contribution in [0, 0.1) is 0 Å². The zero-order valence-corrected chi connectivity index (χ0v) is 14.6. The molecule has 0 radical (unpaired) electrons. The van der Waals surface area contributed by atoms with Gasteiger partial charge in [0.05, 0.1) is 5.02 Å². The highest BCUT2D eigenvalue weighted by Gasteiger charge is 2.14. The van der Waals surface area contributed by atoms with Gasteiger partial charge in [-0.3, -0.25) is 4.79 Å². The lowest BCUT2D eigenvalue weighted by Crippen LogP contribution is -2.11. The first-order valence-electron chi connectivity index (χ1n) is 6.51. The van der Waals surface area contributed by atoms with Crippen molar-refractivity contribution in [1.29, 1.82) is 0 Å².